The summed E-state index contributed by atoms with van der Waals surface area (Å²) < 4.78 is 0. The van der Waals surface area contributed by atoms with Crippen LogP contribution in [0.1, 0.15) is 60.4 Å². The van der Waals surface area contributed by atoms with Crippen LogP contribution in [0, 0.1) is 0 Å². The second-order valence-electron chi connectivity index (χ2n) is 7.41. The fourth-order valence-corrected chi connectivity index (χ4v) is 4.35. The van der Waals surface area contributed by atoms with Gasteiger partial charge in [0.05, 0.1) is 0 Å². The Kier molecular flexibility index (Phi) is 4.09. The van der Waals surface area contributed by atoms with E-state index in [0.29, 0.717) is 0 Å². The van der Waals surface area contributed by atoms with Crippen LogP contribution in [0.2, 0.25) is 0 Å². The number of rotatable bonds is 0. The van der Waals surface area contributed by atoms with Gasteiger partial charge in [0.2, 0.25) is 0 Å². The largest absolute Gasteiger partial charge is 2.00 e. The number of nitrogens with zero attached hydrogens (tertiary/aromatic N) is 4. The van der Waals surface area contributed by atoms with E-state index in [1.54, 1.807) is 0 Å². The quantitative estimate of drug-likeness (QED) is 0.623. The van der Waals surface area contributed by atoms with Gasteiger partial charge < -0.3 is 20.6 Å². The number of fused-ring (bicyclic) bond motifs is 7. The molecule has 1 aliphatic carbocycles. The van der Waals surface area contributed by atoms with Gasteiger partial charge in [-0.25, -0.2) is 0 Å². The smallest absolute Gasteiger partial charge is 0.665 e. The van der Waals surface area contributed by atoms with Crippen LogP contribution in [0.4, 0.5) is 0 Å². The molecule has 4 nitrogen and oxygen atoms in total. The second kappa shape index (κ2) is 6.50. The molecule has 0 N–H and O–H groups in total. The Morgan fingerprint density at radius 1 is 0.630 bits per heavy atom. The monoisotopic (exact) mass is 362 g/mol. The molecule has 3 aliphatic heterocycles. The molecule has 0 spiro atoms. The van der Waals surface area contributed by atoms with E-state index in [-0.39, 0.29) is 23.1 Å². The summed E-state index contributed by atoms with van der Waals surface area (Å²) in [6, 6.07) is 6.38. The maximum atomic E-state index is 4.92. The van der Waals surface area contributed by atoms with Crippen molar-refractivity contribution in [2.75, 3.05) is 0 Å². The molecule has 4 aliphatic rings. The Hall–Kier alpha value is -2.11. The number of aromatic nitrogens is 2. The molecule has 130 valence electrons. The van der Waals surface area contributed by atoms with E-state index in [1.807, 2.05) is 0 Å². The van der Waals surface area contributed by atoms with E-state index in [0.717, 1.165) is 72.7 Å². The second-order valence-corrected chi connectivity index (χ2v) is 7.41. The molecule has 27 heavy (non-hydrogen) atoms. The molecule has 2 aromatic heterocycles. The predicted octanol–water partition coefficient (Wildman–Crippen LogP) is 4.95. The molecule has 8 bridgehead atoms. The van der Waals surface area contributed by atoms with Crippen LogP contribution in [0.15, 0.2) is 41.0 Å². The third-order valence-electron chi connectivity index (χ3n) is 5.59. The van der Waals surface area contributed by atoms with Crippen molar-refractivity contribution >= 4 is 46.9 Å². The van der Waals surface area contributed by atoms with Crippen LogP contribution in [0.25, 0.3) is 34.4 Å². The standard InChI is InChI=1S/C22H18N4.Mg/c1-7-20-21-8-6-18(25-21)11-16-3-2-14(23-16)10-15-4-5-17(24-15)12-19-9-13(1)22(20)26-19;/h2-3,9-12H,1,4-8H2;/q-4;+2/b15-10-,17-12-,18-11-,21-20-;. The summed E-state index contributed by atoms with van der Waals surface area (Å²) in [5, 5.41) is 9.71. The Balaban J connectivity index is 0.00000160. The molecule has 2 fully saturated rings. The number of allylic oxidation sites excluding steroid dienone is 5. The first kappa shape index (κ1) is 17.0. The van der Waals surface area contributed by atoms with Crippen LogP contribution in [0.5, 0.6) is 0 Å². The van der Waals surface area contributed by atoms with Gasteiger partial charge in [-0.15, -0.1) is 22.8 Å². The summed E-state index contributed by atoms with van der Waals surface area (Å²) in [5.74, 6) is 0. The van der Waals surface area contributed by atoms with Crippen LogP contribution in [0.3, 0.4) is 0 Å². The summed E-state index contributed by atoms with van der Waals surface area (Å²) in [5.41, 5.74) is 11.5. The van der Waals surface area contributed by atoms with Crippen LogP contribution >= 0.6 is 0 Å². The van der Waals surface area contributed by atoms with Crippen molar-refractivity contribution in [1.82, 2.24) is 9.97 Å². The van der Waals surface area contributed by atoms with Crippen molar-refractivity contribution in [3.8, 4) is 0 Å². The van der Waals surface area contributed by atoms with Gasteiger partial charge in [-0.3, -0.25) is 0 Å². The summed E-state index contributed by atoms with van der Waals surface area (Å²) >= 11 is 0. The summed E-state index contributed by atoms with van der Waals surface area (Å²) in [7, 11) is 0. The Morgan fingerprint density at radius 2 is 1.30 bits per heavy atom. The molecule has 0 saturated carbocycles. The summed E-state index contributed by atoms with van der Waals surface area (Å²) in [6.45, 7) is 0. The van der Waals surface area contributed by atoms with Crippen LogP contribution < -0.4 is 9.97 Å². The Bertz CT molecular complexity index is 1040. The first-order valence-corrected chi connectivity index (χ1v) is 9.38. The minimum Gasteiger partial charge on any atom is -0.665 e. The van der Waals surface area contributed by atoms with Crippen molar-refractivity contribution in [2.24, 2.45) is 0 Å². The third kappa shape index (κ3) is 2.99. The molecule has 2 saturated heterocycles. The van der Waals surface area contributed by atoms with Gasteiger partial charge in [-0.1, -0.05) is 47.6 Å². The zero-order chi connectivity index (χ0) is 17.1. The molecular weight excluding hydrogens is 345 g/mol. The average molecular weight is 363 g/mol. The van der Waals surface area contributed by atoms with Crippen molar-refractivity contribution in [2.45, 2.75) is 38.5 Å². The fourth-order valence-electron chi connectivity index (χ4n) is 4.35. The SMILES string of the molecule is C1=C2/CC/C(=C/c3cc4c([n-]3)/C(=C3/CC/C(=C/c5ccc/1[n-]5)[N-]3)CC4)[N-]2.[Mg+2]. The van der Waals surface area contributed by atoms with Gasteiger partial charge in [0.25, 0.3) is 0 Å². The van der Waals surface area contributed by atoms with E-state index in [2.05, 4.69) is 36.4 Å². The zero-order valence-corrected chi connectivity index (χ0v) is 16.6. The molecule has 0 unspecified atom stereocenters. The van der Waals surface area contributed by atoms with Crippen molar-refractivity contribution in [3.63, 3.8) is 0 Å². The molecule has 2 aromatic rings. The molecule has 5 heterocycles. The summed E-state index contributed by atoms with van der Waals surface area (Å²) in [6.07, 6.45) is 12.5. The van der Waals surface area contributed by atoms with Gasteiger partial charge in [0, 0.05) is 0 Å². The zero-order valence-electron chi connectivity index (χ0n) is 15.2. The Labute approximate surface area is 175 Å². The molecular formula is C22H18MgN4-2. The minimum atomic E-state index is 0. The molecule has 6 rings (SSSR count). The van der Waals surface area contributed by atoms with Crippen molar-refractivity contribution in [3.05, 3.63) is 80.0 Å². The molecule has 0 atom stereocenters. The van der Waals surface area contributed by atoms with Crippen molar-refractivity contribution in [1.29, 1.82) is 0 Å². The van der Waals surface area contributed by atoms with Crippen LogP contribution in [-0.4, -0.2) is 23.1 Å². The van der Waals surface area contributed by atoms with Gasteiger partial charge in [0.15, 0.2) is 0 Å². The first-order valence-electron chi connectivity index (χ1n) is 9.38. The van der Waals surface area contributed by atoms with Gasteiger partial charge >= 0.3 is 23.1 Å². The van der Waals surface area contributed by atoms with Crippen molar-refractivity contribution < 1.29 is 0 Å². The first-order chi connectivity index (χ1) is 12.8. The average Bonchev–Trinajstić information content (AvgIpc) is 3.38. The van der Waals surface area contributed by atoms with E-state index < -0.39 is 0 Å². The predicted molar refractivity (Wildman–Crippen MR) is 110 cm³/mol. The fraction of sp³-hybridized carbons (Fsp3) is 0.273. The third-order valence-corrected chi connectivity index (χ3v) is 5.59. The number of aryl methyl sites for hydroxylation is 1. The molecule has 0 aromatic carbocycles. The molecule has 0 radical (unpaired) electrons. The number of hydrogen-bond acceptors (Lipinski definition) is 0. The maximum absolute atomic E-state index is 4.92. The van der Waals surface area contributed by atoms with E-state index >= 15 is 0 Å². The van der Waals surface area contributed by atoms with Gasteiger partial charge in [-0.2, -0.15) is 22.8 Å². The molecule has 0 amide bonds. The summed E-state index contributed by atoms with van der Waals surface area (Å²) in [4.78, 5) is 9.64. The topological polar surface area (TPSA) is 56.4 Å². The molecule has 5 heteroatoms. The Morgan fingerprint density at radius 3 is 2.07 bits per heavy atom. The van der Waals surface area contributed by atoms with Crippen LogP contribution in [-0.2, 0) is 6.42 Å². The maximum Gasteiger partial charge on any atom is 2.00 e. The van der Waals surface area contributed by atoms with Gasteiger partial charge in [0.1, 0.15) is 0 Å². The van der Waals surface area contributed by atoms with Gasteiger partial charge in [-0.05, 0) is 38.5 Å². The van der Waals surface area contributed by atoms with E-state index in [4.69, 9.17) is 20.6 Å². The normalized spacial score (nSPS) is 28.2. The van der Waals surface area contributed by atoms with E-state index in [1.165, 1.54) is 22.5 Å². The number of hydrogen-bond donors (Lipinski definition) is 0. The van der Waals surface area contributed by atoms with E-state index in [9.17, 15) is 0 Å². The minimum absolute atomic E-state index is 0.